The van der Waals surface area contributed by atoms with E-state index in [1.54, 1.807) is 0 Å². The highest BCUT2D eigenvalue weighted by Crippen LogP contribution is 2.20. The Morgan fingerprint density at radius 3 is 2.63 bits per heavy atom. The molecule has 0 aliphatic rings. The van der Waals surface area contributed by atoms with Crippen LogP contribution in [0.1, 0.15) is 24.2 Å². The molecule has 0 unspecified atom stereocenters. The van der Waals surface area contributed by atoms with Crippen LogP contribution in [-0.2, 0) is 4.74 Å². The van der Waals surface area contributed by atoms with Crippen LogP contribution in [0.3, 0.4) is 0 Å². The molecule has 19 heavy (non-hydrogen) atoms. The van der Waals surface area contributed by atoms with E-state index in [-0.39, 0.29) is 5.69 Å². The van der Waals surface area contributed by atoms with Crippen molar-refractivity contribution >= 4 is 11.7 Å². The number of benzene rings is 1. The van der Waals surface area contributed by atoms with Gasteiger partial charge in [0.25, 0.3) is 0 Å². The van der Waals surface area contributed by atoms with Crippen LogP contribution >= 0.6 is 0 Å². The molecule has 0 amide bonds. The number of hydrogen-bond donors (Lipinski definition) is 2. The number of rotatable bonds is 7. The van der Waals surface area contributed by atoms with Gasteiger partial charge >= 0.3 is 5.97 Å². The third-order valence-electron chi connectivity index (χ3n) is 2.33. The van der Waals surface area contributed by atoms with E-state index in [9.17, 15) is 13.6 Å². The SMILES string of the molecule is CC(C)COCCNc1ccc(C(=O)O)c(F)c1F. The number of ether oxygens (including phenoxy) is 1. The van der Waals surface area contributed by atoms with Crippen LogP contribution in [0.15, 0.2) is 12.1 Å². The van der Waals surface area contributed by atoms with Gasteiger partial charge in [-0.05, 0) is 18.1 Å². The first kappa shape index (κ1) is 15.4. The van der Waals surface area contributed by atoms with Crippen molar-refractivity contribution in [2.75, 3.05) is 25.1 Å². The monoisotopic (exact) mass is 273 g/mol. The van der Waals surface area contributed by atoms with E-state index in [4.69, 9.17) is 9.84 Å². The summed E-state index contributed by atoms with van der Waals surface area (Å²) in [7, 11) is 0. The van der Waals surface area contributed by atoms with Crippen molar-refractivity contribution in [2.24, 2.45) is 5.92 Å². The fourth-order valence-corrected chi connectivity index (χ4v) is 1.43. The van der Waals surface area contributed by atoms with Gasteiger partial charge in [0.1, 0.15) is 0 Å². The average molecular weight is 273 g/mol. The van der Waals surface area contributed by atoms with Crippen molar-refractivity contribution < 1.29 is 23.4 Å². The first-order chi connectivity index (χ1) is 8.93. The van der Waals surface area contributed by atoms with Gasteiger partial charge in [-0.15, -0.1) is 0 Å². The van der Waals surface area contributed by atoms with Crippen LogP contribution in [0.2, 0.25) is 0 Å². The molecule has 1 aromatic rings. The first-order valence-electron chi connectivity index (χ1n) is 5.96. The molecule has 2 N–H and O–H groups in total. The summed E-state index contributed by atoms with van der Waals surface area (Å²) >= 11 is 0. The second-order valence-electron chi connectivity index (χ2n) is 4.49. The number of carboxylic acids is 1. The average Bonchev–Trinajstić information content (AvgIpc) is 2.33. The van der Waals surface area contributed by atoms with Gasteiger partial charge in [0.2, 0.25) is 0 Å². The van der Waals surface area contributed by atoms with Gasteiger partial charge < -0.3 is 15.2 Å². The van der Waals surface area contributed by atoms with Gasteiger partial charge in [0.05, 0.1) is 17.9 Å². The Kier molecular flexibility index (Phi) is 5.69. The summed E-state index contributed by atoms with van der Waals surface area (Å²) in [5.74, 6) is -3.64. The topological polar surface area (TPSA) is 58.6 Å². The highest BCUT2D eigenvalue weighted by molar-refractivity contribution is 5.88. The molecule has 0 saturated heterocycles. The zero-order valence-corrected chi connectivity index (χ0v) is 10.9. The predicted octanol–water partition coefficient (Wildman–Crippen LogP) is 2.75. The lowest BCUT2D eigenvalue weighted by atomic mass is 10.2. The summed E-state index contributed by atoms with van der Waals surface area (Å²) in [6, 6.07) is 2.22. The fourth-order valence-electron chi connectivity index (χ4n) is 1.43. The zero-order chi connectivity index (χ0) is 14.4. The predicted molar refractivity (Wildman–Crippen MR) is 67.5 cm³/mol. The van der Waals surface area contributed by atoms with Crippen molar-refractivity contribution in [3.63, 3.8) is 0 Å². The Balaban J connectivity index is 2.56. The largest absolute Gasteiger partial charge is 0.478 e. The maximum Gasteiger partial charge on any atom is 0.338 e. The van der Waals surface area contributed by atoms with E-state index in [1.807, 2.05) is 13.8 Å². The van der Waals surface area contributed by atoms with E-state index in [1.165, 1.54) is 6.07 Å². The molecule has 0 aliphatic carbocycles. The summed E-state index contributed by atoms with van der Waals surface area (Å²) in [6.45, 7) is 5.28. The minimum absolute atomic E-state index is 0.0735. The van der Waals surface area contributed by atoms with Crippen LogP contribution in [0.25, 0.3) is 0 Å². The quantitative estimate of drug-likeness (QED) is 0.750. The van der Waals surface area contributed by atoms with E-state index in [2.05, 4.69) is 5.32 Å². The van der Waals surface area contributed by atoms with Crippen LogP contribution in [0.5, 0.6) is 0 Å². The Morgan fingerprint density at radius 1 is 1.37 bits per heavy atom. The van der Waals surface area contributed by atoms with E-state index in [0.29, 0.717) is 25.7 Å². The summed E-state index contributed by atoms with van der Waals surface area (Å²) in [6.07, 6.45) is 0. The lowest BCUT2D eigenvalue weighted by molar-refractivity contribution is 0.0690. The summed E-state index contributed by atoms with van der Waals surface area (Å²) in [5.41, 5.74) is -0.755. The molecule has 0 spiro atoms. The number of halogens is 2. The van der Waals surface area contributed by atoms with Crippen molar-refractivity contribution in [1.29, 1.82) is 0 Å². The molecule has 0 bridgehead atoms. The van der Waals surface area contributed by atoms with E-state index < -0.39 is 23.2 Å². The smallest absolute Gasteiger partial charge is 0.338 e. The molecule has 0 atom stereocenters. The normalized spacial score (nSPS) is 10.8. The van der Waals surface area contributed by atoms with Gasteiger partial charge in [0.15, 0.2) is 11.6 Å². The number of carboxylic acid groups (broad SMARTS) is 1. The van der Waals surface area contributed by atoms with Crippen LogP contribution in [0.4, 0.5) is 14.5 Å². The Morgan fingerprint density at radius 2 is 2.05 bits per heavy atom. The molecule has 0 heterocycles. The van der Waals surface area contributed by atoms with Crippen molar-refractivity contribution in [1.82, 2.24) is 0 Å². The maximum atomic E-state index is 13.5. The van der Waals surface area contributed by atoms with Crippen molar-refractivity contribution in [3.05, 3.63) is 29.3 Å². The molecule has 1 aromatic carbocycles. The Bertz CT molecular complexity index is 450. The van der Waals surface area contributed by atoms with E-state index >= 15 is 0 Å². The van der Waals surface area contributed by atoms with Gasteiger partial charge in [-0.3, -0.25) is 0 Å². The van der Waals surface area contributed by atoms with Gasteiger partial charge in [-0.1, -0.05) is 13.8 Å². The molecule has 106 valence electrons. The molecule has 1 rings (SSSR count). The summed E-state index contributed by atoms with van der Waals surface area (Å²) < 4.78 is 32.2. The number of aromatic carboxylic acids is 1. The minimum atomic E-state index is -1.50. The highest BCUT2D eigenvalue weighted by Gasteiger charge is 2.17. The molecule has 0 fully saturated rings. The number of anilines is 1. The minimum Gasteiger partial charge on any atom is -0.478 e. The summed E-state index contributed by atoms with van der Waals surface area (Å²) in [5, 5.41) is 11.3. The third kappa shape index (κ3) is 4.48. The third-order valence-corrected chi connectivity index (χ3v) is 2.33. The molecular weight excluding hydrogens is 256 g/mol. The Hall–Kier alpha value is -1.69. The molecule has 0 aliphatic heterocycles. The summed E-state index contributed by atoms with van der Waals surface area (Å²) in [4.78, 5) is 10.6. The van der Waals surface area contributed by atoms with Crippen LogP contribution in [-0.4, -0.2) is 30.8 Å². The number of nitrogens with one attached hydrogen (secondary N) is 1. The van der Waals surface area contributed by atoms with Crippen molar-refractivity contribution in [2.45, 2.75) is 13.8 Å². The molecule has 6 heteroatoms. The molecule has 4 nitrogen and oxygen atoms in total. The molecule has 0 radical (unpaired) electrons. The maximum absolute atomic E-state index is 13.5. The number of hydrogen-bond acceptors (Lipinski definition) is 3. The Labute approximate surface area is 110 Å². The van der Waals surface area contributed by atoms with Gasteiger partial charge in [-0.2, -0.15) is 0 Å². The highest BCUT2D eigenvalue weighted by atomic mass is 19.2. The fraction of sp³-hybridized carbons (Fsp3) is 0.462. The second-order valence-corrected chi connectivity index (χ2v) is 4.49. The molecule has 0 aromatic heterocycles. The lowest BCUT2D eigenvalue weighted by Crippen LogP contribution is -2.14. The van der Waals surface area contributed by atoms with Crippen molar-refractivity contribution in [3.8, 4) is 0 Å². The molecular formula is C13H17F2NO3. The zero-order valence-electron chi connectivity index (χ0n) is 10.9. The van der Waals surface area contributed by atoms with Gasteiger partial charge in [-0.25, -0.2) is 13.6 Å². The van der Waals surface area contributed by atoms with Crippen LogP contribution in [0, 0.1) is 17.6 Å². The van der Waals surface area contributed by atoms with Gasteiger partial charge in [0, 0.05) is 13.2 Å². The standard InChI is InChI=1S/C13H17F2NO3/c1-8(2)7-19-6-5-16-10-4-3-9(13(17)18)11(14)12(10)15/h3-4,8,16H,5-7H2,1-2H3,(H,17,18). The number of carbonyl (C=O) groups is 1. The van der Waals surface area contributed by atoms with E-state index in [0.717, 1.165) is 6.07 Å². The first-order valence-corrected chi connectivity index (χ1v) is 5.96. The molecule has 0 saturated carbocycles. The van der Waals surface area contributed by atoms with Crippen LogP contribution < -0.4 is 5.32 Å². The lowest BCUT2D eigenvalue weighted by Gasteiger charge is -2.10. The second kappa shape index (κ2) is 7.04.